The number of amides is 1. The van der Waals surface area contributed by atoms with Crippen molar-refractivity contribution in [3.05, 3.63) is 76.1 Å². The number of rotatable bonds is 9. The molecule has 6 N–H and O–H groups in total. The summed E-state index contributed by atoms with van der Waals surface area (Å²) in [7, 11) is 0. The molecule has 0 aliphatic carbocycles. The molecule has 3 unspecified atom stereocenters. The van der Waals surface area contributed by atoms with Crippen LogP contribution in [0.4, 0.5) is 0 Å². The molecule has 0 aromatic heterocycles. The van der Waals surface area contributed by atoms with Crippen molar-refractivity contribution < 1.29 is 19.4 Å². The van der Waals surface area contributed by atoms with Crippen LogP contribution in [0.1, 0.15) is 42.6 Å². The van der Waals surface area contributed by atoms with Crippen LogP contribution in [0.25, 0.3) is 0 Å². The van der Waals surface area contributed by atoms with Crippen LogP contribution in [0.5, 0.6) is 5.75 Å². The summed E-state index contributed by atoms with van der Waals surface area (Å²) in [6, 6.07) is 13.8. The molecule has 0 spiro atoms. The number of halogens is 1. The molecule has 1 heterocycles. The quantitative estimate of drug-likeness (QED) is 0.428. The summed E-state index contributed by atoms with van der Waals surface area (Å²) in [5, 5.41) is 14.0. The number of carbonyl (C=O) groups excluding carboxylic acids is 1. The highest BCUT2D eigenvalue weighted by molar-refractivity contribution is 6.31. The van der Waals surface area contributed by atoms with Crippen LogP contribution in [-0.4, -0.2) is 36.4 Å². The van der Waals surface area contributed by atoms with Crippen LogP contribution in [0, 0.1) is 0 Å². The van der Waals surface area contributed by atoms with Gasteiger partial charge >= 0.3 is 0 Å². The van der Waals surface area contributed by atoms with Crippen LogP contribution >= 0.6 is 11.6 Å². The average Bonchev–Trinajstić information content (AvgIpc) is 2.76. The minimum absolute atomic E-state index is 0.0606. The molecule has 3 atom stereocenters. The Morgan fingerprint density at radius 1 is 1.25 bits per heavy atom. The Morgan fingerprint density at radius 2 is 2.00 bits per heavy atom. The van der Waals surface area contributed by atoms with E-state index in [9.17, 15) is 9.90 Å². The number of primary amides is 1. The average molecular weight is 460 g/mol. The molecule has 32 heavy (non-hydrogen) atoms. The lowest BCUT2D eigenvalue weighted by molar-refractivity contribution is -0.114. The van der Waals surface area contributed by atoms with E-state index in [1.807, 2.05) is 49.4 Å². The molecule has 1 saturated heterocycles. The summed E-state index contributed by atoms with van der Waals surface area (Å²) in [5.74, 6) is 0.147. The molecular weight excluding hydrogens is 430 g/mol. The summed E-state index contributed by atoms with van der Waals surface area (Å²) in [6.07, 6.45) is 2.02. The highest BCUT2D eigenvalue weighted by Gasteiger charge is 2.29. The predicted molar refractivity (Wildman–Crippen MR) is 124 cm³/mol. The van der Waals surface area contributed by atoms with Crippen molar-refractivity contribution >= 4 is 17.5 Å². The Kier molecular flexibility index (Phi) is 8.39. The first kappa shape index (κ1) is 23.9. The fourth-order valence-corrected chi connectivity index (χ4v) is 3.91. The molecule has 2 aromatic rings. The molecule has 0 bridgehead atoms. The lowest BCUT2D eigenvalue weighted by Crippen LogP contribution is -2.37. The largest absolute Gasteiger partial charge is 0.494 e. The van der Waals surface area contributed by atoms with Crippen molar-refractivity contribution in [1.82, 2.24) is 5.32 Å². The van der Waals surface area contributed by atoms with Crippen molar-refractivity contribution in [1.29, 1.82) is 0 Å². The monoisotopic (exact) mass is 459 g/mol. The van der Waals surface area contributed by atoms with Crippen molar-refractivity contribution in [2.45, 2.75) is 44.5 Å². The topological polar surface area (TPSA) is 120 Å². The molecule has 1 fully saturated rings. The van der Waals surface area contributed by atoms with Gasteiger partial charge < -0.3 is 31.4 Å². The molecule has 1 aliphatic rings. The maximum atomic E-state index is 11.0. The van der Waals surface area contributed by atoms with E-state index in [4.69, 9.17) is 32.5 Å². The number of hydrogen-bond acceptors (Lipinski definition) is 6. The van der Waals surface area contributed by atoms with Gasteiger partial charge in [-0.1, -0.05) is 35.9 Å². The standard InChI is InChI=1S/C24H30ClN3O4/c1-2-31-19-6-3-15(4-7-19)9-17-10-16(5-8-21(17)25)23-12-18(29)11-20(32-23)13-28-14-22(26)24(27)30/h3-8,10,14,18,20,23,28-29H,2,9,11-13,26H2,1H3,(H2,27,30)/b22-14-. The predicted octanol–water partition coefficient (Wildman–Crippen LogP) is 2.79. The van der Waals surface area contributed by atoms with Gasteiger partial charge in [0.1, 0.15) is 11.4 Å². The zero-order valence-electron chi connectivity index (χ0n) is 18.1. The second-order valence-corrected chi connectivity index (χ2v) is 8.26. The molecule has 7 nitrogen and oxygen atoms in total. The molecule has 1 aliphatic heterocycles. The van der Waals surface area contributed by atoms with E-state index in [-0.39, 0.29) is 17.9 Å². The summed E-state index contributed by atoms with van der Waals surface area (Å²) < 4.78 is 11.7. The third-order valence-corrected chi connectivity index (χ3v) is 5.70. The number of benzene rings is 2. The van der Waals surface area contributed by atoms with Gasteiger partial charge in [-0.2, -0.15) is 0 Å². The number of nitrogens with one attached hydrogen (secondary N) is 1. The van der Waals surface area contributed by atoms with Crippen LogP contribution in [0.2, 0.25) is 5.02 Å². The van der Waals surface area contributed by atoms with Gasteiger partial charge in [-0.05, 0) is 48.2 Å². The molecule has 3 rings (SSSR count). The van der Waals surface area contributed by atoms with Crippen molar-refractivity contribution in [3.63, 3.8) is 0 Å². The summed E-state index contributed by atoms with van der Waals surface area (Å²) in [5.41, 5.74) is 13.6. The summed E-state index contributed by atoms with van der Waals surface area (Å²) >= 11 is 6.47. The molecular formula is C24H30ClN3O4. The van der Waals surface area contributed by atoms with Gasteiger partial charge in [0.2, 0.25) is 0 Å². The normalized spacial score (nSPS) is 21.2. The van der Waals surface area contributed by atoms with E-state index in [1.54, 1.807) is 0 Å². The van der Waals surface area contributed by atoms with E-state index in [0.29, 0.717) is 37.4 Å². The fourth-order valence-electron chi connectivity index (χ4n) is 3.73. The zero-order valence-corrected chi connectivity index (χ0v) is 18.8. The number of aliphatic hydroxyl groups is 1. The Balaban J connectivity index is 1.68. The zero-order chi connectivity index (χ0) is 23.1. The van der Waals surface area contributed by atoms with Crippen LogP contribution in [0.15, 0.2) is 54.4 Å². The number of carbonyl (C=O) groups is 1. The van der Waals surface area contributed by atoms with Gasteiger partial charge in [-0.15, -0.1) is 0 Å². The second kappa shape index (κ2) is 11.2. The first-order valence-corrected chi connectivity index (χ1v) is 11.1. The third-order valence-electron chi connectivity index (χ3n) is 5.34. The lowest BCUT2D eigenvalue weighted by Gasteiger charge is -2.33. The minimum Gasteiger partial charge on any atom is -0.494 e. The Morgan fingerprint density at radius 3 is 2.69 bits per heavy atom. The molecule has 172 valence electrons. The lowest BCUT2D eigenvalue weighted by atomic mass is 9.94. The highest BCUT2D eigenvalue weighted by Crippen LogP contribution is 2.33. The van der Waals surface area contributed by atoms with E-state index >= 15 is 0 Å². The molecule has 8 heteroatoms. The van der Waals surface area contributed by atoms with Gasteiger partial charge in [0.25, 0.3) is 5.91 Å². The molecule has 2 aromatic carbocycles. The number of ether oxygens (including phenoxy) is 2. The smallest absolute Gasteiger partial charge is 0.266 e. The second-order valence-electron chi connectivity index (χ2n) is 7.85. The van der Waals surface area contributed by atoms with Crippen LogP contribution in [-0.2, 0) is 16.0 Å². The first-order chi connectivity index (χ1) is 15.4. The minimum atomic E-state index is -0.693. The first-order valence-electron chi connectivity index (χ1n) is 10.7. The van der Waals surface area contributed by atoms with Crippen LogP contribution < -0.4 is 21.5 Å². The maximum Gasteiger partial charge on any atom is 0.266 e. The Labute approximate surface area is 193 Å². The van der Waals surface area contributed by atoms with E-state index in [1.165, 1.54) is 6.20 Å². The van der Waals surface area contributed by atoms with Gasteiger partial charge in [0.05, 0.1) is 24.9 Å². The molecule has 0 radical (unpaired) electrons. The van der Waals surface area contributed by atoms with Gasteiger partial charge in [0.15, 0.2) is 0 Å². The number of nitrogens with two attached hydrogens (primary N) is 2. The Hall–Kier alpha value is -2.74. The van der Waals surface area contributed by atoms with Gasteiger partial charge in [-0.3, -0.25) is 4.79 Å². The van der Waals surface area contributed by atoms with Gasteiger partial charge in [-0.25, -0.2) is 0 Å². The van der Waals surface area contributed by atoms with Crippen molar-refractivity contribution in [3.8, 4) is 5.75 Å². The van der Waals surface area contributed by atoms with E-state index in [2.05, 4.69) is 5.32 Å². The van der Waals surface area contributed by atoms with E-state index in [0.717, 1.165) is 22.4 Å². The summed E-state index contributed by atoms with van der Waals surface area (Å²) in [6.45, 7) is 2.98. The molecule has 0 saturated carbocycles. The van der Waals surface area contributed by atoms with Crippen molar-refractivity contribution in [2.24, 2.45) is 11.5 Å². The van der Waals surface area contributed by atoms with Crippen LogP contribution in [0.3, 0.4) is 0 Å². The third kappa shape index (κ3) is 6.63. The SMILES string of the molecule is CCOc1ccc(Cc2cc(C3CC(O)CC(CN/C=C(\N)C(N)=O)O3)ccc2Cl)cc1. The molecule has 1 amide bonds. The Bertz CT molecular complexity index is 949. The highest BCUT2D eigenvalue weighted by atomic mass is 35.5. The van der Waals surface area contributed by atoms with E-state index < -0.39 is 12.0 Å². The summed E-state index contributed by atoms with van der Waals surface area (Å²) in [4.78, 5) is 11.0. The van der Waals surface area contributed by atoms with Gasteiger partial charge in [0, 0.05) is 30.6 Å². The number of hydrogen-bond donors (Lipinski definition) is 4. The number of aliphatic hydroxyl groups excluding tert-OH is 1. The van der Waals surface area contributed by atoms with Crippen molar-refractivity contribution in [2.75, 3.05) is 13.2 Å². The fraction of sp³-hybridized carbons (Fsp3) is 0.375. The maximum absolute atomic E-state index is 11.0.